The highest BCUT2D eigenvalue weighted by molar-refractivity contribution is 5.23. The maximum absolute atomic E-state index is 4.62. The van der Waals surface area contributed by atoms with Crippen LogP contribution in [0.2, 0.25) is 0 Å². The van der Waals surface area contributed by atoms with Crippen molar-refractivity contribution in [3.63, 3.8) is 0 Å². The van der Waals surface area contributed by atoms with E-state index < -0.39 is 0 Å². The zero-order valence-corrected chi connectivity index (χ0v) is 10.5. The zero-order chi connectivity index (χ0) is 11.5. The summed E-state index contributed by atoms with van der Waals surface area (Å²) in [6, 6.07) is 2.24. The molecule has 2 heteroatoms. The van der Waals surface area contributed by atoms with Crippen LogP contribution in [-0.2, 0) is 5.41 Å². The Morgan fingerprint density at radius 2 is 1.59 bits per heavy atom. The predicted molar refractivity (Wildman–Crippen MR) is 66.6 cm³/mol. The summed E-state index contributed by atoms with van der Waals surface area (Å²) in [6.45, 7) is 2.09. The molecule has 4 fully saturated rings. The quantitative estimate of drug-likeness (QED) is 0.737. The van der Waals surface area contributed by atoms with Crippen LogP contribution >= 0.6 is 0 Å². The summed E-state index contributed by atoms with van der Waals surface area (Å²) in [5, 5.41) is 0. The first-order chi connectivity index (χ1) is 8.23. The fourth-order valence-corrected chi connectivity index (χ4v) is 5.17. The largest absolute Gasteiger partial charge is 0.242 e. The molecule has 1 aromatic rings. The van der Waals surface area contributed by atoms with Gasteiger partial charge in [-0.2, -0.15) is 0 Å². The van der Waals surface area contributed by atoms with E-state index in [0.29, 0.717) is 5.41 Å². The van der Waals surface area contributed by atoms with E-state index in [-0.39, 0.29) is 0 Å². The van der Waals surface area contributed by atoms with Crippen LogP contribution in [0.1, 0.15) is 49.9 Å². The third kappa shape index (κ3) is 1.46. The van der Waals surface area contributed by atoms with Gasteiger partial charge in [-0.05, 0) is 69.3 Å². The van der Waals surface area contributed by atoms with Gasteiger partial charge in [0.2, 0.25) is 0 Å². The van der Waals surface area contributed by atoms with Crippen LogP contribution in [0.25, 0.3) is 0 Å². The Bertz CT molecular complexity index is 417. The molecule has 2 nitrogen and oxygen atoms in total. The maximum atomic E-state index is 4.62. The number of aryl methyl sites for hydroxylation is 1. The Labute approximate surface area is 103 Å². The van der Waals surface area contributed by atoms with E-state index in [1.165, 1.54) is 44.2 Å². The summed E-state index contributed by atoms with van der Waals surface area (Å²) in [5.74, 6) is 2.99. The SMILES string of the molecule is Cc1cc(C23CC4CC(CC(C4)C2)C3)ncn1. The lowest BCUT2D eigenvalue weighted by molar-refractivity contribution is -0.00729. The minimum Gasteiger partial charge on any atom is -0.242 e. The van der Waals surface area contributed by atoms with E-state index in [1.807, 2.05) is 0 Å². The molecule has 0 amide bonds. The molecular weight excluding hydrogens is 208 g/mol. The van der Waals surface area contributed by atoms with Gasteiger partial charge in [-0.25, -0.2) is 9.97 Å². The summed E-state index contributed by atoms with van der Waals surface area (Å²) in [7, 11) is 0. The Morgan fingerprint density at radius 3 is 2.12 bits per heavy atom. The van der Waals surface area contributed by atoms with Gasteiger partial charge in [0, 0.05) is 11.1 Å². The first kappa shape index (κ1) is 10.0. The highest BCUT2D eigenvalue weighted by Gasteiger charge is 2.52. The molecule has 0 radical (unpaired) electrons. The standard InChI is InChI=1S/C15H20N2/c1-10-2-14(17-9-16-10)15-6-11-3-12(7-15)5-13(4-11)8-15/h2,9,11-13H,3-8H2,1H3. The van der Waals surface area contributed by atoms with Crippen LogP contribution in [0.15, 0.2) is 12.4 Å². The minimum atomic E-state index is 0.433. The Morgan fingerprint density at radius 1 is 1.00 bits per heavy atom. The molecule has 4 aliphatic carbocycles. The van der Waals surface area contributed by atoms with Gasteiger partial charge < -0.3 is 0 Å². The molecule has 0 N–H and O–H groups in total. The Hall–Kier alpha value is -0.920. The van der Waals surface area contributed by atoms with Crippen molar-refractivity contribution in [1.29, 1.82) is 0 Å². The second-order valence-corrected chi connectivity index (χ2v) is 6.74. The molecule has 0 aliphatic heterocycles. The lowest BCUT2D eigenvalue weighted by Crippen LogP contribution is -2.49. The molecule has 5 rings (SSSR count). The van der Waals surface area contributed by atoms with Gasteiger partial charge in [0.1, 0.15) is 6.33 Å². The summed E-state index contributed by atoms with van der Waals surface area (Å²) < 4.78 is 0. The van der Waals surface area contributed by atoms with Gasteiger partial charge in [0.05, 0.1) is 5.69 Å². The highest BCUT2D eigenvalue weighted by Crippen LogP contribution is 2.60. The van der Waals surface area contributed by atoms with Crippen molar-refractivity contribution in [1.82, 2.24) is 9.97 Å². The summed E-state index contributed by atoms with van der Waals surface area (Å²) in [5.41, 5.74) is 2.91. The molecule has 90 valence electrons. The lowest BCUT2D eigenvalue weighted by atomic mass is 9.49. The van der Waals surface area contributed by atoms with E-state index in [4.69, 9.17) is 0 Å². The Kier molecular flexibility index (Phi) is 1.95. The monoisotopic (exact) mass is 228 g/mol. The van der Waals surface area contributed by atoms with Crippen LogP contribution < -0.4 is 0 Å². The predicted octanol–water partition coefficient (Wildman–Crippen LogP) is 3.25. The zero-order valence-electron chi connectivity index (χ0n) is 10.5. The van der Waals surface area contributed by atoms with Crippen LogP contribution in [0, 0.1) is 24.7 Å². The van der Waals surface area contributed by atoms with Crippen molar-refractivity contribution in [2.24, 2.45) is 17.8 Å². The van der Waals surface area contributed by atoms with Crippen molar-refractivity contribution < 1.29 is 0 Å². The van der Waals surface area contributed by atoms with Crippen LogP contribution in [-0.4, -0.2) is 9.97 Å². The van der Waals surface area contributed by atoms with E-state index in [9.17, 15) is 0 Å². The van der Waals surface area contributed by atoms with Gasteiger partial charge >= 0.3 is 0 Å². The maximum Gasteiger partial charge on any atom is 0.115 e. The van der Waals surface area contributed by atoms with Crippen molar-refractivity contribution in [2.75, 3.05) is 0 Å². The molecule has 4 aliphatic rings. The summed E-state index contributed by atoms with van der Waals surface area (Å²) in [6.07, 6.45) is 10.5. The molecular formula is C15H20N2. The second-order valence-electron chi connectivity index (χ2n) is 6.74. The number of nitrogens with zero attached hydrogens (tertiary/aromatic N) is 2. The minimum absolute atomic E-state index is 0.433. The molecule has 1 heterocycles. The van der Waals surface area contributed by atoms with Crippen molar-refractivity contribution >= 4 is 0 Å². The van der Waals surface area contributed by atoms with Gasteiger partial charge in [0.15, 0.2) is 0 Å². The molecule has 4 saturated carbocycles. The lowest BCUT2D eigenvalue weighted by Gasteiger charge is -2.56. The second kappa shape index (κ2) is 3.30. The summed E-state index contributed by atoms with van der Waals surface area (Å²) in [4.78, 5) is 8.87. The third-order valence-electron chi connectivity index (χ3n) is 5.39. The first-order valence-corrected chi connectivity index (χ1v) is 7.03. The molecule has 0 atom stereocenters. The van der Waals surface area contributed by atoms with E-state index in [1.54, 1.807) is 6.33 Å². The molecule has 1 aromatic heterocycles. The van der Waals surface area contributed by atoms with Gasteiger partial charge in [-0.3, -0.25) is 0 Å². The van der Waals surface area contributed by atoms with Crippen molar-refractivity contribution in [3.05, 3.63) is 23.8 Å². The molecule has 0 unspecified atom stereocenters. The molecule has 0 spiro atoms. The van der Waals surface area contributed by atoms with Gasteiger partial charge in [-0.15, -0.1) is 0 Å². The molecule has 4 bridgehead atoms. The molecule has 0 aromatic carbocycles. The fourth-order valence-electron chi connectivity index (χ4n) is 5.17. The topological polar surface area (TPSA) is 25.8 Å². The van der Waals surface area contributed by atoms with Crippen molar-refractivity contribution in [3.8, 4) is 0 Å². The van der Waals surface area contributed by atoms with Crippen LogP contribution in [0.3, 0.4) is 0 Å². The first-order valence-electron chi connectivity index (χ1n) is 7.03. The smallest absolute Gasteiger partial charge is 0.115 e. The molecule has 0 saturated heterocycles. The number of rotatable bonds is 1. The fraction of sp³-hybridized carbons (Fsp3) is 0.733. The van der Waals surface area contributed by atoms with E-state index >= 15 is 0 Å². The Balaban J connectivity index is 1.77. The van der Waals surface area contributed by atoms with E-state index in [0.717, 1.165) is 23.4 Å². The molecule has 17 heavy (non-hydrogen) atoms. The van der Waals surface area contributed by atoms with Gasteiger partial charge in [-0.1, -0.05) is 0 Å². The van der Waals surface area contributed by atoms with E-state index in [2.05, 4.69) is 23.0 Å². The number of hydrogen-bond donors (Lipinski definition) is 0. The van der Waals surface area contributed by atoms with Crippen molar-refractivity contribution in [2.45, 2.75) is 50.9 Å². The average molecular weight is 228 g/mol. The number of aromatic nitrogens is 2. The van der Waals surface area contributed by atoms with Crippen LogP contribution in [0.5, 0.6) is 0 Å². The third-order valence-corrected chi connectivity index (χ3v) is 5.39. The number of hydrogen-bond acceptors (Lipinski definition) is 2. The highest BCUT2D eigenvalue weighted by atomic mass is 14.9. The average Bonchev–Trinajstić information content (AvgIpc) is 2.27. The van der Waals surface area contributed by atoms with Gasteiger partial charge in [0.25, 0.3) is 0 Å². The van der Waals surface area contributed by atoms with Crippen LogP contribution in [0.4, 0.5) is 0 Å². The normalized spacial score (nSPS) is 43.0. The summed E-state index contributed by atoms with van der Waals surface area (Å²) >= 11 is 0.